The summed E-state index contributed by atoms with van der Waals surface area (Å²) in [6.07, 6.45) is 10.2. The Morgan fingerprint density at radius 1 is 1.10 bits per heavy atom. The summed E-state index contributed by atoms with van der Waals surface area (Å²) in [6.45, 7) is 7.21. The van der Waals surface area contributed by atoms with Crippen molar-refractivity contribution in [2.24, 2.45) is 0 Å². The molecular weight excluding hydrogens is 258 g/mol. The molecule has 0 saturated heterocycles. The SMILES string of the molecule is CC.CC1=C(N(CCCO)c2ccccc2)CC=CC=C1. The molecule has 0 heterocycles. The monoisotopic (exact) mass is 285 g/mol. The van der Waals surface area contributed by atoms with E-state index in [4.69, 9.17) is 5.11 Å². The molecule has 2 nitrogen and oxygen atoms in total. The first-order chi connectivity index (χ1) is 10.3. The number of hydrogen-bond donors (Lipinski definition) is 1. The summed E-state index contributed by atoms with van der Waals surface area (Å²) in [4.78, 5) is 2.31. The number of anilines is 1. The van der Waals surface area contributed by atoms with Gasteiger partial charge in [-0.1, -0.05) is 56.4 Å². The molecule has 1 aromatic rings. The predicted octanol–water partition coefficient (Wildman–Crippen LogP) is 4.69. The fourth-order valence-electron chi connectivity index (χ4n) is 2.30. The van der Waals surface area contributed by atoms with Crippen LogP contribution in [0.15, 0.2) is 65.9 Å². The van der Waals surface area contributed by atoms with Crippen LogP contribution in [0.4, 0.5) is 5.69 Å². The molecule has 21 heavy (non-hydrogen) atoms. The van der Waals surface area contributed by atoms with Crippen LogP contribution in [-0.4, -0.2) is 18.3 Å². The Labute approximate surface area is 129 Å². The summed E-state index contributed by atoms with van der Waals surface area (Å²) in [7, 11) is 0. The maximum absolute atomic E-state index is 9.11. The lowest BCUT2D eigenvalue weighted by atomic mass is 10.1. The Kier molecular flexibility index (Phi) is 8.22. The summed E-state index contributed by atoms with van der Waals surface area (Å²) in [5.74, 6) is 0. The molecule has 0 bridgehead atoms. The summed E-state index contributed by atoms with van der Waals surface area (Å²) in [6, 6.07) is 10.4. The summed E-state index contributed by atoms with van der Waals surface area (Å²) >= 11 is 0. The van der Waals surface area contributed by atoms with Crippen LogP contribution in [0, 0.1) is 0 Å². The van der Waals surface area contributed by atoms with Gasteiger partial charge < -0.3 is 10.0 Å². The van der Waals surface area contributed by atoms with Gasteiger partial charge in [-0.3, -0.25) is 0 Å². The quantitative estimate of drug-likeness (QED) is 0.848. The van der Waals surface area contributed by atoms with Crippen LogP contribution in [-0.2, 0) is 0 Å². The van der Waals surface area contributed by atoms with Gasteiger partial charge in [-0.2, -0.15) is 0 Å². The fraction of sp³-hybridized carbons (Fsp3) is 0.368. The third kappa shape index (κ3) is 5.24. The van der Waals surface area contributed by atoms with Crippen molar-refractivity contribution in [1.29, 1.82) is 0 Å². The number of allylic oxidation sites excluding steroid dienone is 5. The van der Waals surface area contributed by atoms with E-state index < -0.39 is 0 Å². The van der Waals surface area contributed by atoms with Crippen LogP contribution < -0.4 is 4.90 Å². The van der Waals surface area contributed by atoms with Crippen LogP contribution >= 0.6 is 0 Å². The van der Waals surface area contributed by atoms with Crippen molar-refractivity contribution < 1.29 is 5.11 Å². The van der Waals surface area contributed by atoms with E-state index in [1.54, 1.807) is 0 Å². The molecule has 0 radical (unpaired) electrons. The van der Waals surface area contributed by atoms with E-state index in [1.165, 1.54) is 17.0 Å². The Hall–Kier alpha value is -1.80. The number of hydrogen-bond acceptors (Lipinski definition) is 2. The maximum Gasteiger partial charge on any atom is 0.0448 e. The van der Waals surface area contributed by atoms with Gasteiger partial charge in [-0.05, 0) is 31.1 Å². The Morgan fingerprint density at radius 3 is 2.48 bits per heavy atom. The highest BCUT2D eigenvalue weighted by Gasteiger charge is 2.13. The van der Waals surface area contributed by atoms with Crippen LogP contribution in [0.2, 0.25) is 0 Å². The minimum Gasteiger partial charge on any atom is -0.396 e. The van der Waals surface area contributed by atoms with E-state index in [2.05, 4.69) is 60.4 Å². The third-order valence-corrected chi connectivity index (χ3v) is 3.29. The van der Waals surface area contributed by atoms with Crippen molar-refractivity contribution in [2.45, 2.75) is 33.6 Å². The van der Waals surface area contributed by atoms with E-state index in [9.17, 15) is 0 Å². The standard InChI is InChI=1S/C17H21NO.C2H6/c1-15-9-4-2-7-12-17(15)18(13-8-14-19)16-10-5-3-6-11-16;1-2/h2-7,9-11,19H,8,12-14H2,1H3;1-2H3. The second kappa shape index (κ2) is 10.0. The van der Waals surface area contributed by atoms with Crippen molar-refractivity contribution in [1.82, 2.24) is 0 Å². The average Bonchev–Trinajstić information content (AvgIpc) is 2.76. The van der Waals surface area contributed by atoms with E-state index in [1.807, 2.05) is 19.9 Å². The van der Waals surface area contributed by atoms with E-state index in [0.29, 0.717) is 0 Å². The first-order valence-corrected chi connectivity index (χ1v) is 7.79. The highest BCUT2D eigenvalue weighted by atomic mass is 16.3. The summed E-state index contributed by atoms with van der Waals surface area (Å²) in [5.41, 5.74) is 3.78. The Bertz CT molecular complexity index is 486. The molecule has 2 heteroatoms. The molecular formula is C19H27NO. The lowest BCUT2D eigenvalue weighted by Gasteiger charge is -2.28. The molecule has 1 aliphatic rings. The first kappa shape index (κ1) is 17.3. The molecule has 2 rings (SSSR count). The lowest BCUT2D eigenvalue weighted by molar-refractivity contribution is 0.290. The van der Waals surface area contributed by atoms with Crippen LogP contribution in [0.25, 0.3) is 0 Å². The van der Waals surface area contributed by atoms with Gasteiger partial charge in [0.1, 0.15) is 0 Å². The van der Waals surface area contributed by atoms with Crippen molar-refractivity contribution >= 4 is 5.69 Å². The lowest BCUT2D eigenvalue weighted by Crippen LogP contribution is -2.25. The molecule has 0 aliphatic heterocycles. The van der Waals surface area contributed by atoms with Gasteiger partial charge in [-0.15, -0.1) is 0 Å². The molecule has 0 atom stereocenters. The van der Waals surface area contributed by atoms with Gasteiger partial charge in [-0.25, -0.2) is 0 Å². The van der Waals surface area contributed by atoms with Crippen LogP contribution in [0.5, 0.6) is 0 Å². The molecule has 0 unspecified atom stereocenters. The third-order valence-electron chi connectivity index (χ3n) is 3.29. The molecule has 0 aromatic heterocycles. The fourth-order valence-corrected chi connectivity index (χ4v) is 2.30. The zero-order valence-electron chi connectivity index (χ0n) is 13.4. The zero-order valence-corrected chi connectivity index (χ0v) is 13.4. The smallest absolute Gasteiger partial charge is 0.0448 e. The largest absolute Gasteiger partial charge is 0.396 e. The summed E-state index contributed by atoms with van der Waals surface area (Å²) < 4.78 is 0. The average molecular weight is 285 g/mol. The number of nitrogens with zero attached hydrogens (tertiary/aromatic N) is 1. The van der Waals surface area contributed by atoms with Gasteiger partial charge in [0.25, 0.3) is 0 Å². The number of aliphatic hydroxyl groups excluding tert-OH is 1. The van der Waals surface area contributed by atoms with Crippen molar-refractivity contribution in [3.8, 4) is 0 Å². The zero-order chi connectivity index (χ0) is 15.5. The van der Waals surface area contributed by atoms with Crippen molar-refractivity contribution in [2.75, 3.05) is 18.1 Å². The molecule has 1 aromatic carbocycles. The predicted molar refractivity (Wildman–Crippen MR) is 92.4 cm³/mol. The van der Waals surface area contributed by atoms with E-state index in [-0.39, 0.29) is 6.61 Å². The van der Waals surface area contributed by atoms with E-state index >= 15 is 0 Å². The van der Waals surface area contributed by atoms with E-state index in [0.717, 1.165) is 19.4 Å². The molecule has 1 aliphatic carbocycles. The Morgan fingerprint density at radius 2 is 1.81 bits per heavy atom. The maximum atomic E-state index is 9.11. The number of benzene rings is 1. The van der Waals surface area contributed by atoms with Gasteiger partial charge in [0.2, 0.25) is 0 Å². The highest BCUT2D eigenvalue weighted by Crippen LogP contribution is 2.25. The van der Waals surface area contributed by atoms with Gasteiger partial charge in [0.15, 0.2) is 0 Å². The molecule has 0 saturated carbocycles. The minimum absolute atomic E-state index is 0.224. The normalized spacial score (nSPS) is 13.5. The molecule has 114 valence electrons. The number of aliphatic hydroxyl groups is 1. The summed E-state index contributed by atoms with van der Waals surface area (Å²) in [5, 5.41) is 9.11. The van der Waals surface area contributed by atoms with Gasteiger partial charge in [0, 0.05) is 31.0 Å². The van der Waals surface area contributed by atoms with Crippen molar-refractivity contribution in [3.63, 3.8) is 0 Å². The topological polar surface area (TPSA) is 23.5 Å². The molecule has 1 N–H and O–H groups in total. The molecule has 0 fully saturated rings. The first-order valence-electron chi connectivity index (χ1n) is 7.79. The van der Waals surface area contributed by atoms with Gasteiger partial charge >= 0.3 is 0 Å². The second-order valence-corrected chi connectivity index (χ2v) is 4.69. The molecule has 0 amide bonds. The van der Waals surface area contributed by atoms with Crippen LogP contribution in [0.1, 0.15) is 33.6 Å². The number of rotatable bonds is 5. The van der Waals surface area contributed by atoms with Crippen LogP contribution in [0.3, 0.4) is 0 Å². The Balaban J connectivity index is 0.00000106. The highest BCUT2D eigenvalue weighted by molar-refractivity contribution is 5.54. The molecule has 0 spiro atoms. The number of para-hydroxylation sites is 1. The second-order valence-electron chi connectivity index (χ2n) is 4.69. The van der Waals surface area contributed by atoms with Crippen molar-refractivity contribution in [3.05, 3.63) is 65.9 Å². The van der Waals surface area contributed by atoms with Gasteiger partial charge in [0.05, 0.1) is 0 Å². The minimum atomic E-state index is 0.224.